The van der Waals surface area contributed by atoms with Crippen molar-refractivity contribution in [1.29, 1.82) is 10.8 Å². The van der Waals surface area contributed by atoms with Crippen molar-refractivity contribution in [2.45, 2.75) is 25.7 Å². The first-order valence-electron chi connectivity index (χ1n) is 12.0. The number of likely N-dealkylation sites (N-methyl/N-ethyl adjacent to an activating group) is 1. The standard InChI is InChI=1S/C22H26N2O2.C8H9NO2.Co/c1-5-24-20-10-9-18(26-4)14-19(20)22(2,21(24)11-12-23)15-16-7-6-8-17(13-16)25-3;1-11-7-5-3-2-4-6(7)8(9)10;/h6-14,23H,5,15H2,1-4H3;2-5H,1H3,(H2,9,10);/b21-11-,23-12?;;. The quantitative estimate of drug-likeness (QED) is 0.227. The Morgan fingerprint density at radius 1 is 0.947 bits per heavy atom. The molecule has 0 fully saturated rings. The SMILES string of the molecule is CCN1/C(=C\C=N)C(C)(Cc2cccc(OC)c2)c2cc(OC)ccc21.COc1ccccc1C(=N)O.[Co]. The first-order chi connectivity index (χ1) is 17.8. The monoisotopic (exact) mass is 560 g/mol. The van der Waals surface area contributed by atoms with Crippen LogP contribution in [0.5, 0.6) is 17.2 Å². The van der Waals surface area contributed by atoms with Crippen molar-refractivity contribution in [2.75, 3.05) is 32.8 Å². The average molecular weight is 561 g/mol. The van der Waals surface area contributed by atoms with E-state index in [0.29, 0.717) is 11.3 Å². The van der Waals surface area contributed by atoms with E-state index >= 15 is 0 Å². The van der Waals surface area contributed by atoms with E-state index in [2.05, 4.69) is 43.0 Å². The summed E-state index contributed by atoms with van der Waals surface area (Å²) in [4.78, 5) is 2.29. The van der Waals surface area contributed by atoms with Crippen molar-refractivity contribution >= 4 is 17.8 Å². The zero-order valence-electron chi connectivity index (χ0n) is 22.4. The van der Waals surface area contributed by atoms with E-state index in [4.69, 9.17) is 30.1 Å². The van der Waals surface area contributed by atoms with E-state index in [1.165, 1.54) is 30.1 Å². The van der Waals surface area contributed by atoms with E-state index in [1.807, 2.05) is 24.3 Å². The van der Waals surface area contributed by atoms with E-state index in [9.17, 15) is 0 Å². The van der Waals surface area contributed by atoms with Gasteiger partial charge >= 0.3 is 0 Å². The van der Waals surface area contributed by atoms with Crippen LogP contribution < -0.4 is 19.1 Å². The van der Waals surface area contributed by atoms with Gasteiger partial charge in [-0.1, -0.05) is 24.3 Å². The molecule has 0 aromatic heterocycles. The molecule has 1 aliphatic rings. The molecule has 0 aliphatic carbocycles. The fraction of sp³-hybridized carbons (Fsp3) is 0.267. The second-order valence-corrected chi connectivity index (χ2v) is 8.76. The molecule has 3 aromatic rings. The summed E-state index contributed by atoms with van der Waals surface area (Å²) in [7, 11) is 4.89. The van der Waals surface area contributed by atoms with Gasteiger partial charge in [-0.2, -0.15) is 0 Å². The van der Waals surface area contributed by atoms with Gasteiger partial charge in [-0.3, -0.25) is 5.41 Å². The number of aliphatic hydroxyl groups is 1. The third-order valence-corrected chi connectivity index (χ3v) is 6.56. The first-order valence-corrected chi connectivity index (χ1v) is 12.0. The van der Waals surface area contributed by atoms with Crippen LogP contribution in [0, 0.1) is 10.8 Å². The van der Waals surface area contributed by atoms with Crippen molar-refractivity contribution in [3.63, 3.8) is 0 Å². The number of nitrogens with one attached hydrogen (secondary N) is 2. The number of para-hydroxylation sites is 1. The second kappa shape index (κ2) is 13.7. The van der Waals surface area contributed by atoms with Gasteiger partial charge in [-0.05, 0) is 79.9 Å². The Labute approximate surface area is 235 Å². The second-order valence-electron chi connectivity index (χ2n) is 8.76. The summed E-state index contributed by atoms with van der Waals surface area (Å²) >= 11 is 0. The van der Waals surface area contributed by atoms with Gasteiger partial charge in [0.25, 0.3) is 0 Å². The Balaban J connectivity index is 0.000000356. The Hall–Kier alpha value is -3.75. The minimum Gasteiger partial charge on any atom is -0.497 e. The summed E-state index contributed by atoms with van der Waals surface area (Å²) in [5.74, 6) is 1.76. The van der Waals surface area contributed by atoms with Crippen molar-refractivity contribution < 1.29 is 36.1 Å². The fourth-order valence-corrected chi connectivity index (χ4v) is 4.80. The van der Waals surface area contributed by atoms with Gasteiger partial charge in [0.2, 0.25) is 5.90 Å². The molecule has 1 atom stereocenters. The third-order valence-electron chi connectivity index (χ3n) is 6.56. The first kappa shape index (κ1) is 30.5. The van der Waals surface area contributed by atoms with E-state index in [0.717, 1.165) is 30.2 Å². The number of fused-ring (bicyclic) bond motifs is 1. The number of anilines is 1. The van der Waals surface area contributed by atoms with Gasteiger partial charge < -0.3 is 29.6 Å². The van der Waals surface area contributed by atoms with Crippen LogP contribution in [0.25, 0.3) is 0 Å². The van der Waals surface area contributed by atoms with Crippen LogP contribution in [0.15, 0.2) is 78.5 Å². The Kier molecular flexibility index (Phi) is 11.0. The largest absolute Gasteiger partial charge is 0.497 e. The van der Waals surface area contributed by atoms with Gasteiger partial charge in [0, 0.05) is 46.3 Å². The van der Waals surface area contributed by atoms with Gasteiger partial charge in [0.05, 0.1) is 26.9 Å². The molecule has 0 saturated heterocycles. The number of ether oxygens (including phenoxy) is 3. The number of rotatable bonds is 8. The molecule has 3 N–H and O–H groups in total. The smallest absolute Gasteiger partial charge is 0.214 e. The van der Waals surface area contributed by atoms with Crippen LogP contribution in [0.4, 0.5) is 5.69 Å². The molecule has 4 rings (SSSR count). The van der Waals surface area contributed by atoms with E-state index < -0.39 is 5.90 Å². The molecule has 38 heavy (non-hydrogen) atoms. The predicted octanol–water partition coefficient (Wildman–Crippen LogP) is 6.15. The summed E-state index contributed by atoms with van der Waals surface area (Å²) in [6.45, 7) is 5.24. The van der Waals surface area contributed by atoms with Gasteiger partial charge in [0.1, 0.15) is 17.2 Å². The van der Waals surface area contributed by atoms with Crippen molar-refractivity contribution in [1.82, 2.24) is 0 Å². The molecular weight excluding hydrogens is 525 g/mol. The zero-order chi connectivity index (χ0) is 27.0. The molecule has 203 valence electrons. The third kappa shape index (κ3) is 6.38. The average Bonchev–Trinajstić information content (AvgIpc) is 3.15. The molecule has 7 nitrogen and oxygen atoms in total. The maximum atomic E-state index is 8.84. The molecule has 1 unspecified atom stereocenters. The number of nitrogens with zero attached hydrogens (tertiary/aromatic N) is 1. The van der Waals surface area contributed by atoms with Crippen LogP contribution in [0.2, 0.25) is 0 Å². The number of hydrogen-bond acceptors (Lipinski definition) is 6. The summed E-state index contributed by atoms with van der Waals surface area (Å²) in [5, 5.41) is 23.5. The summed E-state index contributed by atoms with van der Waals surface area (Å²) < 4.78 is 15.8. The topological polar surface area (TPSA) is 98.9 Å². The Bertz CT molecular complexity index is 1290. The number of aliphatic hydroxyl groups excluding tert-OH is 1. The van der Waals surface area contributed by atoms with Crippen LogP contribution in [-0.2, 0) is 28.6 Å². The number of methoxy groups -OCH3 is 3. The summed E-state index contributed by atoms with van der Waals surface area (Å²) in [5.41, 5.74) is 4.93. The molecule has 8 heteroatoms. The maximum Gasteiger partial charge on any atom is 0.214 e. The molecule has 1 aliphatic heterocycles. The molecular formula is C30H35CoN3O4. The number of allylic oxidation sites excluding steroid dienone is 2. The van der Waals surface area contributed by atoms with Crippen LogP contribution in [0.1, 0.15) is 30.5 Å². The maximum absolute atomic E-state index is 8.84. The molecule has 0 bridgehead atoms. The minimum absolute atomic E-state index is 0. The molecule has 1 heterocycles. The van der Waals surface area contributed by atoms with E-state index in [-0.39, 0.29) is 22.2 Å². The number of hydrogen-bond donors (Lipinski definition) is 3. The van der Waals surface area contributed by atoms with Crippen LogP contribution in [-0.4, -0.2) is 45.1 Å². The Morgan fingerprint density at radius 3 is 2.21 bits per heavy atom. The zero-order valence-corrected chi connectivity index (χ0v) is 23.4. The summed E-state index contributed by atoms with van der Waals surface area (Å²) in [6.07, 6.45) is 4.11. The molecule has 1 radical (unpaired) electrons. The normalized spacial score (nSPS) is 16.4. The number of benzene rings is 3. The van der Waals surface area contributed by atoms with Gasteiger partial charge in [-0.15, -0.1) is 0 Å². The molecule has 3 aromatic carbocycles. The van der Waals surface area contributed by atoms with E-state index in [1.54, 1.807) is 38.5 Å². The van der Waals surface area contributed by atoms with Crippen molar-refractivity contribution in [2.24, 2.45) is 0 Å². The molecule has 0 amide bonds. The van der Waals surface area contributed by atoms with Crippen molar-refractivity contribution in [3.8, 4) is 17.2 Å². The van der Waals surface area contributed by atoms with Crippen LogP contribution >= 0.6 is 0 Å². The van der Waals surface area contributed by atoms with Gasteiger partial charge in [0.15, 0.2) is 0 Å². The Morgan fingerprint density at radius 2 is 1.63 bits per heavy atom. The molecule has 0 saturated carbocycles. The fourth-order valence-electron chi connectivity index (χ4n) is 4.80. The summed E-state index contributed by atoms with van der Waals surface area (Å²) in [6, 6.07) is 21.3. The molecule has 0 spiro atoms. The van der Waals surface area contributed by atoms with Crippen LogP contribution in [0.3, 0.4) is 0 Å². The predicted molar refractivity (Wildman–Crippen MR) is 149 cm³/mol. The van der Waals surface area contributed by atoms with Gasteiger partial charge in [-0.25, -0.2) is 0 Å². The van der Waals surface area contributed by atoms with Crippen molar-refractivity contribution in [3.05, 3.63) is 95.2 Å². The minimum atomic E-state index is -0.470.